The fourth-order valence-corrected chi connectivity index (χ4v) is 5.06. The van der Waals surface area contributed by atoms with Gasteiger partial charge < -0.3 is 25.0 Å². The Balaban J connectivity index is 1.53. The second-order valence-corrected chi connectivity index (χ2v) is 10.2. The minimum atomic E-state index is -1.40. The highest BCUT2D eigenvalue weighted by Crippen LogP contribution is 2.36. The third kappa shape index (κ3) is 5.54. The van der Waals surface area contributed by atoms with Crippen molar-refractivity contribution in [3.63, 3.8) is 0 Å². The number of carbonyl (C=O) groups is 1. The molecule has 1 aromatic heterocycles. The molecule has 2 aliphatic heterocycles. The average Bonchev–Trinajstić information content (AvgIpc) is 2.94. The lowest BCUT2D eigenvalue weighted by Gasteiger charge is -2.44. The van der Waals surface area contributed by atoms with Crippen LogP contribution in [0, 0.1) is 17.5 Å². The van der Waals surface area contributed by atoms with Crippen molar-refractivity contribution in [2.45, 2.75) is 25.9 Å². The summed E-state index contributed by atoms with van der Waals surface area (Å²) >= 11 is 0. The highest BCUT2D eigenvalue weighted by molar-refractivity contribution is 6.07. The summed E-state index contributed by atoms with van der Waals surface area (Å²) in [7, 11) is 2.01. The zero-order valence-corrected chi connectivity index (χ0v) is 22.5. The molecule has 2 N–H and O–H groups in total. The first-order valence-corrected chi connectivity index (χ1v) is 13.1. The molecule has 2 atom stereocenters. The molecule has 212 valence electrons. The number of hydrogen-bond acceptors (Lipinski definition) is 8. The smallest absolute Gasteiger partial charge is 0.258 e. The van der Waals surface area contributed by atoms with Gasteiger partial charge in [-0.15, -0.1) is 0 Å². The van der Waals surface area contributed by atoms with Gasteiger partial charge in [-0.05, 0) is 39.1 Å². The standard InChI is InChI=1S/C28H31F3N6O3/c1-16-14-37(15-17(2)35(16)3)25-11-22(29)20(18-12-32-28(33-13-18)36-4-6-40-7-5-36)10-24(25)34-27(39)21-8-19(38)9-23(30)26(21)31/h8-13,16-17,38H,4-7,14-15H2,1-3H3,(H,34,39)/t16-,17+. The first-order chi connectivity index (χ1) is 19.1. The van der Waals surface area contributed by atoms with Crippen LogP contribution in [0.15, 0.2) is 36.7 Å². The van der Waals surface area contributed by atoms with E-state index in [1.165, 1.54) is 24.5 Å². The molecule has 3 heterocycles. The van der Waals surface area contributed by atoms with Gasteiger partial charge in [0.05, 0.1) is 30.2 Å². The van der Waals surface area contributed by atoms with Crippen LogP contribution in [0.4, 0.5) is 30.5 Å². The Bertz CT molecular complexity index is 1390. The number of benzene rings is 2. The molecular formula is C28H31F3N6O3. The van der Waals surface area contributed by atoms with Crippen molar-refractivity contribution < 1.29 is 27.8 Å². The number of likely N-dealkylation sites (N-methyl/N-ethyl adjacent to an activating group) is 1. The van der Waals surface area contributed by atoms with Gasteiger partial charge in [0.15, 0.2) is 11.6 Å². The van der Waals surface area contributed by atoms with E-state index in [1.54, 1.807) is 0 Å². The minimum Gasteiger partial charge on any atom is -0.508 e. The number of amides is 1. The van der Waals surface area contributed by atoms with Gasteiger partial charge in [-0.25, -0.2) is 23.1 Å². The number of phenols is 1. The maximum Gasteiger partial charge on any atom is 0.258 e. The van der Waals surface area contributed by atoms with Crippen molar-refractivity contribution >= 4 is 23.2 Å². The number of hydrogen-bond donors (Lipinski definition) is 2. The molecule has 0 unspecified atom stereocenters. The number of aromatic nitrogens is 2. The van der Waals surface area contributed by atoms with Crippen LogP contribution < -0.4 is 15.1 Å². The van der Waals surface area contributed by atoms with E-state index in [2.05, 4.69) is 20.2 Å². The normalized spacial score (nSPS) is 20.1. The number of rotatable bonds is 5. The van der Waals surface area contributed by atoms with Gasteiger partial charge in [0, 0.05) is 67.8 Å². The van der Waals surface area contributed by atoms with Crippen molar-refractivity contribution in [3.8, 4) is 16.9 Å². The average molecular weight is 557 g/mol. The fourth-order valence-electron chi connectivity index (χ4n) is 5.06. The van der Waals surface area contributed by atoms with E-state index < -0.39 is 34.7 Å². The fraction of sp³-hybridized carbons (Fsp3) is 0.393. The molecule has 0 aliphatic carbocycles. The molecule has 12 heteroatoms. The summed E-state index contributed by atoms with van der Waals surface area (Å²) in [6, 6.07) is 4.46. The molecule has 0 spiro atoms. The van der Waals surface area contributed by atoms with Crippen LogP contribution in [0.5, 0.6) is 5.75 Å². The number of halogens is 3. The largest absolute Gasteiger partial charge is 0.508 e. The van der Waals surface area contributed by atoms with E-state index in [4.69, 9.17) is 4.74 Å². The zero-order valence-electron chi connectivity index (χ0n) is 22.5. The molecule has 3 aromatic rings. The summed E-state index contributed by atoms with van der Waals surface area (Å²) in [5.74, 6) is -4.38. The van der Waals surface area contributed by atoms with Gasteiger partial charge >= 0.3 is 0 Å². The van der Waals surface area contributed by atoms with Crippen LogP contribution in [0.1, 0.15) is 24.2 Å². The van der Waals surface area contributed by atoms with Crippen LogP contribution in [0.25, 0.3) is 11.1 Å². The third-order valence-electron chi connectivity index (χ3n) is 7.53. The molecule has 2 aromatic carbocycles. The van der Waals surface area contributed by atoms with Gasteiger partial charge in [-0.1, -0.05) is 0 Å². The van der Waals surface area contributed by atoms with Gasteiger partial charge in [-0.3, -0.25) is 9.69 Å². The zero-order chi connectivity index (χ0) is 28.6. The molecule has 2 aliphatic rings. The van der Waals surface area contributed by atoms with E-state index in [0.717, 1.165) is 6.07 Å². The highest BCUT2D eigenvalue weighted by atomic mass is 19.2. The maximum absolute atomic E-state index is 15.7. The van der Waals surface area contributed by atoms with Crippen molar-refractivity contribution in [1.82, 2.24) is 14.9 Å². The second-order valence-electron chi connectivity index (χ2n) is 10.2. The Kier molecular flexibility index (Phi) is 7.81. The van der Waals surface area contributed by atoms with Gasteiger partial charge in [0.25, 0.3) is 5.91 Å². The Hall–Kier alpha value is -3.90. The molecule has 2 fully saturated rings. The van der Waals surface area contributed by atoms with Gasteiger partial charge in [0.1, 0.15) is 11.6 Å². The second kappa shape index (κ2) is 11.3. The SMILES string of the molecule is C[C@@H]1CN(c2cc(F)c(-c3cnc(N4CCOCC4)nc3)cc2NC(=O)c2cc(O)cc(F)c2F)C[C@H](C)N1C. The molecule has 0 saturated carbocycles. The monoisotopic (exact) mass is 556 g/mol. The van der Waals surface area contributed by atoms with E-state index in [9.17, 15) is 18.7 Å². The summed E-state index contributed by atoms with van der Waals surface area (Å²) in [5.41, 5.74) is 0.434. The molecule has 9 nitrogen and oxygen atoms in total. The van der Waals surface area contributed by atoms with Crippen LogP contribution in [0.3, 0.4) is 0 Å². The summed E-state index contributed by atoms with van der Waals surface area (Å²) < 4.78 is 49.4. The molecule has 0 radical (unpaired) electrons. The summed E-state index contributed by atoms with van der Waals surface area (Å²) in [6.07, 6.45) is 3.01. The predicted molar refractivity (Wildman–Crippen MR) is 145 cm³/mol. The van der Waals surface area contributed by atoms with Crippen LogP contribution in [-0.4, -0.2) is 84.4 Å². The van der Waals surface area contributed by atoms with Crippen molar-refractivity contribution in [3.05, 3.63) is 59.7 Å². The number of anilines is 3. The van der Waals surface area contributed by atoms with E-state index >= 15 is 4.39 Å². The molecule has 1 amide bonds. The van der Waals surface area contributed by atoms with E-state index in [0.29, 0.717) is 62.7 Å². The third-order valence-corrected chi connectivity index (χ3v) is 7.53. The Morgan fingerprint density at radius 1 is 0.975 bits per heavy atom. The topological polar surface area (TPSA) is 94.1 Å². The summed E-state index contributed by atoms with van der Waals surface area (Å²) in [6.45, 7) is 7.62. The summed E-state index contributed by atoms with van der Waals surface area (Å²) in [5, 5.41) is 12.4. The number of nitrogens with one attached hydrogen (secondary N) is 1. The number of aromatic hydroxyl groups is 1. The quantitative estimate of drug-likeness (QED) is 0.489. The van der Waals surface area contributed by atoms with Crippen molar-refractivity contribution in [2.75, 3.05) is 61.6 Å². The van der Waals surface area contributed by atoms with Crippen molar-refractivity contribution in [2.24, 2.45) is 0 Å². The molecular weight excluding hydrogens is 525 g/mol. The maximum atomic E-state index is 15.7. The highest BCUT2D eigenvalue weighted by Gasteiger charge is 2.30. The van der Waals surface area contributed by atoms with Gasteiger partial charge in [-0.2, -0.15) is 0 Å². The number of ether oxygens (including phenoxy) is 1. The van der Waals surface area contributed by atoms with E-state index in [1.807, 2.05) is 30.7 Å². The Morgan fingerprint density at radius 3 is 2.27 bits per heavy atom. The molecule has 2 saturated heterocycles. The first kappa shape index (κ1) is 27.7. The number of piperazine rings is 1. The van der Waals surface area contributed by atoms with Crippen LogP contribution >= 0.6 is 0 Å². The first-order valence-electron chi connectivity index (χ1n) is 13.1. The van der Waals surface area contributed by atoms with Crippen molar-refractivity contribution in [1.29, 1.82) is 0 Å². The number of nitrogens with zero attached hydrogens (tertiary/aromatic N) is 5. The molecule has 0 bridgehead atoms. The number of morpholine rings is 1. The lowest BCUT2D eigenvalue weighted by Crippen LogP contribution is -2.55. The predicted octanol–water partition coefficient (Wildman–Crippen LogP) is 3.88. The Morgan fingerprint density at radius 2 is 1.62 bits per heavy atom. The molecule has 40 heavy (non-hydrogen) atoms. The lowest BCUT2D eigenvalue weighted by molar-refractivity contribution is 0.102. The number of carbonyl (C=O) groups excluding carboxylic acids is 1. The molecule has 5 rings (SSSR count). The van der Waals surface area contributed by atoms with Crippen LogP contribution in [0.2, 0.25) is 0 Å². The van der Waals surface area contributed by atoms with E-state index in [-0.39, 0.29) is 23.3 Å². The van der Waals surface area contributed by atoms with Gasteiger partial charge in [0.2, 0.25) is 5.95 Å². The van der Waals surface area contributed by atoms with Crippen LogP contribution in [-0.2, 0) is 4.74 Å². The Labute approximate surface area is 230 Å². The lowest BCUT2D eigenvalue weighted by atomic mass is 10.0. The number of phenolic OH excluding ortho intramolecular Hbond substituents is 1. The summed E-state index contributed by atoms with van der Waals surface area (Å²) in [4.78, 5) is 28.0. The minimum absolute atomic E-state index is 0.130.